The summed E-state index contributed by atoms with van der Waals surface area (Å²) in [5.74, 6) is -2.01. The lowest BCUT2D eigenvalue weighted by Gasteiger charge is -2.50. The Morgan fingerprint density at radius 2 is 2.27 bits per heavy atom. The van der Waals surface area contributed by atoms with E-state index < -0.39 is 29.9 Å². The largest absolute Gasteiger partial charge is 0.477 e. The van der Waals surface area contributed by atoms with Gasteiger partial charge in [0.05, 0.1) is 28.6 Å². The lowest BCUT2D eigenvalue weighted by Crippen LogP contribution is -2.71. The molecule has 2 atom stereocenters. The highest BCUT2D eigenvalue weighted by molar-refractivity contribution is 8.17. The number of nitrogens with two attached hydrogens (primary N) is 1. The van der Waals surface area contributed by atoms with Crippen LogP contribution in [0.1, 0.15) is 31.9 Å². The molecule has 4 rings (SSSR count). The molecule has 2 aliphatic heterocycles. The van der Waals surface area contributed by atoms with E-state index in [4.69, 9.17) is 5.73 Å². The second kappa shape index (κ2) is 9.97. The first kappa shape index (κ1) is 23.3. The number of β-lactam (4-membered cyclic amide) rings is 1. The number of aromatic nitrogens is 4. The number of amides is 2. The summed E-state index contributed by atoms with van der Waals surface area (Å²) < 4.78 is 0. The van der Waals surface area contributed by atoms with Crippen LogP contribution in [0.4, 0.5) is 5.13 Å². The Hall–Kier alpha value is -2.84. The van der Waals surface area contributed by atoms with Crippen molar-refractivity contribution < 1.29 is 19.5 Å². The smallest absolute Gasteiger partial charge is 0.353 e. The van der Waals surface area contributed by atoms with Gasteiger partial charge < -0.3 is 16.2 Å². The van der Waals surface area contributed by atoms with E-state index in [1.54, 1.807) is 17.7 Å². The van der Waals surface area contributed by atoms with Crippen molar-refractivity contribution >= 4 is 63.3 Å². The van der Waals surface area contributed by atoms with E-state index in [1.807, 2.05) is 6.92 Å². The highest BCUT2D eigenvalue weighted by Gasteiger charge is 2.53. The summed E-state index contributed by atoms with van der Waals surface area (Å²) in [6, 6.07) is -1.18. The topological polar surface area (TPSA) is 167 Å². The number of H-pyrrole nitrogens is 1. The predicted octanol–water partition coefficient (Wildman–Crippen LogP) is 1.91. The zero-order chi connectivity index (χ0) is 23.5. The highest BCUT2D eigenvalue weighted by atomic mass is 32.2. The fourth-order valence-electron chi connectivity index (χ4n) is 3.74. The van der Waals surface area contributed by atoms with Crippen LogP contribution in [0.25, 0.3) is 5.57 Å². The molecule has 2 aromatic rings. The standard InChI is InChI=1S/C19H21N7O4S3/c1-2-3-9(10-7-31-19(20)22-10)16(27)23-14-11-4-5-12(15(18(29)30)26(11)17(14)28)32-8-33-13-6-21-25-24-13/h3,6-7,11,14H,2,4-5,8H2,1H3,(H2,20,22)(H,23,27)(H,29,30)(H,21,24,25)/b9-3-/t11-,14-/m0/s1. The number of carbonyl (C=O) groups excluding carboxylic acids is 2. The fraction of sp³-hybridized carbons (Fsp3) is 0.368. The van der Waals surface area contributed by atoms with Crippen molar-refractivity contribution in [3.05, 3.63) is 33.9 Å². The van der Waals surface area contributed by atoms with Crippen molar-refractivity contribution in [1.82, 2.24) is 30.6 Å². The maximum atomic E-state index is 12.9. The average Bonchev–Trinajstić information content (AvgIpc) is 3.46. The number of nitrogens with one attached hydrogen (secondary N) is 2. The van der Waals surface area contributed by atoms with Gasteiger partial charge in [0, 0.05) is 10.3 Å². The van der Waals surface area contributed by atoms with Crippen LogP contribution in [0.15, 0.2) is 33.3 Å². The zero-order valence-electron chi connectivity index (χ0n) is 17.5. The van der Waals surface area contributed by atoms with Gasteiger partial charge in [-0.1, -0.05) is 30.0 Å². The lowest BCUT2D eigenvalue weighted by molar-refractivity contribution is -0.155. The molecule has 0 unspecified atom stereocenters. The zero-order valence-corrected chi connectivity index (χ0v) is 19.9. The molecule has 33 heavy (non-hydrogen) atoms. The van der Waals surface area contributed by atoms with Crippen molar-refractivity contribution in [3.63, 3.8) is 0 Å². The summed E-state index contributed by atoms with van der Waals surface area (Å²) in [5.41, 5.74) is 6.49. The minimum atomic E-state index is -1.16. The van der Waals surface area contributed by atoms with Crippen LogP contribution in [0, 0.1) is 0 Å². The highest BCUT2D eigenvalue weighted by Crippen LogP contribution is 2.42. The maximum Gasteiger partial charge on any atom is 0.353 e. The summed E-state index contributed by atoms with van der Waals surface area (Å²) >= 11 is 4.02. The molecule has 2 aliphatic rings. The molecule has 5 N–H and O–H groups in total. The van der Waals surface area contributed by atoms with Gasteiger partial charge in [-0.15, -0.1) is 28.2 Å². The molecule has 2 aromatic heterocycles. The molecule has 2 amide bonds. The second-order valence-corrected chi connectivity index (χ2v) is 10.5. The Bertz CT molecular complexity index is 1130. The van der Waals surface area contributed by atoms with Crippen LogP contribution in [0.3, 0.4) is 0 Å². The van der Waals surface area contributed by atoms with E-state index in [9.17, 15) is 19.5 Å². The van der Waals surface area contributed by atoms with Crippen molar-refractivity contribution in [3.8, 4) is 0 Å². The number of rotatable bonds is 9. The number of carboxylic acid groups (broad SMARTS) is 1. The molecule has 0 aliphatic carbocycles. The molecule has 0 saturated carbocycles. The van der Waals surface area contributed by atoms with Crippen LogP contribution in [0.2, 0.25) is 0 Å². The van der Waals surface area contributed by atoms with Gasteiger partial charge in [-0.3, -0.25) is 19.6 Å². The molecule has 14 heteroatoms. The van der Waals surface area contributed by atoms with Crippen molar-refractivity contribution in [2.75, 3.05) is 10.8 Å². The third-order valence-electron chi connectivity index (χ3n) is 5.17. The van der Waals surface area contributed by atoms with Gasteiger partial charge in [0.2, 0.25) is 0 Å². The number of aliphatic carboxylic acids is 1. The van der Waals surface area contributed by atoms with E-state index >= 15 is 0 Å². The Morgan fingerprint density at radius 1 is 1.45 bits per heavy atom. The van der Waals surface area contributed by atoms with E-state index in [-0.39, 0.29) is 5.70 Å². The van der Waals surface area contributed by atoms with Gasteiger partial charge in [-0.25, -0.2) is 9.78 Å². The summed E-state index contributed by atoms with van der Waals surface area (Å²) in [7, 11) is 0. The predicted molar refractivity (Wildman–Crippen MR) is 126 cm³/mol. The molecule has 1 fully saturated rings. The van der Waals surface area contributed by atoms with Gasteiger partial charge in [-0.2, -0.15) is 0 Å². The first-order valence-electron chi connectivity index (χ1n) is 10.0. The van der Waals surface area contributed by atoms with Gasteiger partial charge in [0.1, 0.15) is 16.8 Å². The monoisotopic (exact) mass is 507 g/mol. The van der Waals surface area contributed by atoms with Crippen LogP contribution < -0.4 is 11.1 Å². The quantitative estimate of drug-likeness (QED) is 0.170. The molecular formula is C19H21N7O4S3. The number of anilines is 1. The lowest BCUT2D eigenvalue weighted by atomic mass is 9.86. The van der Waals surface area contributed by atoms with E-state index in [0.717, 1.165) is 0 Å². The van der Waals surface area contributed by atoms with E-state index in [0.29, 0.717) is 50.7 Å². The maximum absolute atomic E-state index is 12.9. The number of nitrogens with zero attached hydrogens (tertiary/aromatic N) is 4. The van der Waals surface area contributed by atoms with Gasteiger partial charge in [0.25, 0.3) is 11.8 Å². The number of carbonyl (C=O) groups is 3. The number of aromatic amines is 1. The first-order valence-corrected chi connectivity index (χ1v) is 12.9. The van der Waals surface area contributed by atoms with Crippen molar-refractivity contribution in [2.45, 2.75) is 43.3 Å². The van der Waals surface area contributed by atoms with Gasteiger partial charge in [0.15, 0.2) is 5.13 Å². The number of fused-ring (bicyclic) bond motifs is 1. The number of thioether (sulfide) groups is 2. The summed E-state index contributed by atoms with van der Waals surface area (Å²) in [4.78, 5) is 43.9. The van der Waals surface area contributed by atoms with Crippen LogP contribution in [-0.2, 0) is 14.4 Å². The fourth-order valence-corrected chi connectivity index (χ4v) is 6.41. The van der Waals surface area contributed by atoms with E-state index in [1.165, 1.54) is 39.8 Å². The first-order chi connectivity index (χ1) is 15.9. The molecule has 1 saturated heterocycles. The molecule has 0 bridgehead atoms. The number of allylic oxidation sites excluding steroid dienone is 2. The molecule has 4 heterocycles. The number of hydrogen-bond acceptors (Lipinski definition) is 10. The third kappa shape index (κ3) is 4.77. The average molecular weight is 508 g/mol. The SMILES string of the molecule is CC/C=C(\C(=O)N[C@@H]1C(=O)N2C(C(=O)O)=C(SCSc3c[nH]nn3)CC[C@@H]12)c1csc(N)n1. The molecule has 174 valence electrons. The normalized spacial score (nSPS) is 20.5. The van der Waals surface area contributed by atoms with Crippen molar-refractivity contribution in [1.29, 1.82) is 0 Å². The molecular weight excluding hydrogens is 486 g/mol. The Balaban J connectivity index is 1.45. The summed E-state index contributed by atoms with van der Waals surface area (Å²) in [6.45, 7) is 1.89. The Morgan fingerprint density at radius 3 is 2.91 bits per heavy atom. The summed E-state index contributed by atoms with van der Waals surface area (Å²) in [5, 5.41) is 26.0. The number of thiazole rings is 1. The number of carboxylic acids is 1. The Kier molecular flexibility index (Phi) is 7.05. The minimum absolute atomic E-state index is 0.0101. The molecule has 0 radical (unpaired) electrons. The number of nitrogen functional groups attached to an aromatic ring is 1. The second-order valence-electron chi connectivity index (χ2n) is 7.16. The minimum Gasteiger partial charge on any atom is -0.477 e. The van der Waals surface area contributed by atoms with Crippen LogP contribution in [-0.4, -0.2) is 65.4 Å². The van der Waals surface area contributed by atoms with Crippen molar-refractivity contribution in [2.24, 2.45) is 0 Å². The van der Waals surface area contributed by atoms with E-state index in [2.05, 4.69) is 25.7 Å². The third-order valence-corrected chi connectivity index (χ3v) is 8.02. The Labute approximate surface area is 201 Å². The van der Waals surface area contributed by atoms with Crippen LogP contribution >= 0.6 is 34.9 Å². The molecule has 11 nitrogen and oxygen atoms in total. The van der Waals surface area contributed by atoms with Gasteiger partial charge >= 0.3 is 5.97 Å². The van der Waals surface area contributed by atoms with Crippen LogP contribution in [0.5, 0.6) is 0 Å². The number of hydrogen-bond donors (Lipinski definition) is 4. The molecule has 0 spiro atoms. The van der Waals surface area contributed by atoms with Gasteiger partial charge in [-0.05, 0) is 19.3 Å². The molecule has 0 aromatic carbocycles. The summed E-state index contributed by atoms with van der Waals surface area (Å²) in [6.07, 6.45) is 5.05.